The maximum atomic E-state index is 12.8. The molecule has 2 aliphatic heterocycles. The summed E-state index contributed by atoms with van der Waals surface area (Å²) in [6.07, 6.45) is 5.33. The Morgan fingerprint density at radius 2 is 1.78 bits per heavy atom. The van der Waals surface area contributed by atoms with Gasteiger partial charge in [-0.3, -0.25) is 4.79 Å². The van der Waals surface area contributed by atoms with Crippen molar-refractivity contribution in [1.82, 2.24) is 14.9 Å². The molecule has 148 valence electrons. The molecule has 0 spiro atoms. The number of aromatic nitrogens is 2. The normalized spacial score (nSPS) is 19.4. The van der Waals surface area contributed by atoms with Crippen LogP contribution in [0.4, 0.5) is 5.82 Å². The molecular weight excluding hydrogens is 382 g/mol. The lowest BCUT2D eigenvalue weighted by Crippen LogP contribution is -2.47. The van der Waals surface area contributed by atoms with E-state index in [1.807, 2.05) is 4.90 Å². The molecule has 0 unspecified atom stereocenters. The van der Waals surface area contributed by atoms with Crippen molar-refractivity contribution < 1.29 is 4.79 Å². The Balaban J connectivity index is 0.00000210. The van der Waals surface area contributed by atoms with Crippen LogP contribution < -0.4 is 10.6 Å². The molecule has 4 heterocycles. The molecule has 0 atom stereocenters. The van der Waals surface area contributed by atoms with E-state index in [4.69, 9.17) is 5.73 Å². The number of thiophene rings is 1. The Labute approximate surface area is 170 Å². The van der Waals surface area contributed by atoms with Crippen molar-refractivity contribution in [3.63, 3.8) is 0 Å². The van der Waals surface area contributed by atoms with Gasteiger partial charge in [0.05, 0.1) is 5.39 Å². The Bertz CT molecular complexity index is 810. The number of amides is 1. The topological polar surface area (TPSA) is 75.4 Å². The molecule has 0 saturated carbocycles. The van der Waals surface area contributed by atoms with E-state index in [0.29, 0.717) is 5.91 Å². The average Bonchev–Trinajstić information content (AvgIpc) is 2.96. The molecule has 2 saturated heterocycles. The van der Waals surface area contributed by atoms with Gasteiger partial charge in [-0.25, -0.2) is 9.97 Å². The molecule has 8 heteroatoms. The summed E-state index contributed by atoms with van der Waals surface area (Å²) in [5, 5.41) is 1.18. The fraction of sp³-hybridized carbons (Fsp3) is 0.632. The Hall–Kier alpha value is -1.44. The molecule has 6 nitrogen and oxygen atoms in total. The molecule has 0 bridgehead atoms. The predicted molar refractivity (Wildman–Crippen MR) is 113 cm³/mol. The summed E-state index contributed by atoms with van der Waals surface area (Å²) in [6, 6.07) is 0.262. The first-order valence-corrected chi connectivity index (χ1v) is 10.4. The Kier molecular flexibility index (Phi) is 6.23. The van der Waals surface area contributed by atoms with E-state index in [1.165, 1.54) is 15.8 Å². The third-order valence-corrected chi connectivity index (χ3v) is 7.06. The van der Waals surface area contributed by atoms with Gasteiger partial charge in [-0.1, -0.05) is 0 Å². The number of rotatable bonds is 2. The number of aryl methyl sites for hydroxylation is 2. The summed E-state index contributed by atoms with van der Waals surface area (Å²) in [6.45, 7) is 7.69. The summed E-state index contributed by atoms with van der Waals surface area (Å²) in [4.78, 5) is 28.6. The minimum Gasteiger partial charge on any atom is -0.356 e. The van der Waals surface area contributed by atoms with Gasteiger partial charge in [-0.05, 0) is 45.1 Å². The molecule has 4 rings (SSSR count). The molecule has 2 aliphatic rings. The number of piperidine rings is 2. The van der Waals surface area contributed by atoms with Crippen LogP contribution in [0, 0.1) is 19.8 Å². The summed E-state index contributed by atoms with van der Waals surface area (Å²) in [7, 11) is 0. The summed E-state index contributed by atoms with van der Waals surface area (Å²) >= 11 is 1.73. The van der Waals surface area contributed by atoms with Gasteiger partial charge < -0.3 is 15.5 Å². The van der Waals surface area contributed by atoms with Crippen LogP contribution in [0.3, 0.4) is 0 Å². The molecule has 0 aromatic carbocycles. The first-order valence-electron chi connectivity index (χ1n) is 9.54. The van der Waals surface area contributed by atoms with Crippen LogP contribution >= 0.6 is 23.7 Å². The van der Waals surface area contributed by atoms with Crippen LogP contribution in [0.1, 0.15) is 36.1 Å². The number of nitrogens with two attached hydrogens (primary N) is 1. The molecule has 1 amide bonds. The van der Waals surface area contributed by atoms with Crippen LogP contribution in [-0.4, -0.2) is 53.0 Å². The van der Waals surface area contributed by atoms with E-state index in [2.05, 4.69) is 28.7 Å². The molecule has 0 radical (unpaired) electrons. The Morgan fingerprint density at radius 3 is 2.44 bits per heavy atom. The smallest absolute Gasteiger partial charge is 0.225 e. The zero-order chi connectivity index (χ0) is 18.3. The molecule has 2 aromatic heterocycles. The molecule has 0 aliphatic carbocycles. The predicted octanol–water partition coefficient (Wildman–Crippen LogP) is 2.90. The van der Waals surface area contributed by atoms with Gasteiger partial charge in [0.15, 0.2) is 0 Å². The number of halogens is 1. The number of carbonyl (C=O) groups excluding carboxylic acids is 1. The highest BCUT2D eigenvalue weighted by atomic mass is 35.5. The third kappa shape index (κ3) is 3.91. The van der Waals surface area contributed by atoms with Crippen LogP contribution in [0.25, 0.3) is 10.2 Å². The fourth-order valence-electron chi connectivity index (χ4n) is 4.12. The lowest BCUT2D eigenvalue weighted by molar-refractivity contribution is -0.137. The van der Waals surface area contributed by atoms with Gasteiger partial charge in [0.1, 0.15) is 17.0 Å². The number of carbonyl (C=O) groups is 1. The Morgan fingerprint density at radius 1 is 1.11 bits per heavy atom. The van der Waals surface area contributed by atoms with Crippen molar-refractivity contribution in [2.45, 2.75) is 45.6 Å². The number of hydrogen-bond donors (Lipinski definition) is 1. The maximum absolute atomic E-state index is 12.8. The second-order valence-corrected chi connectivity index (χ2v) is 8.79. The van der Waals surface area contributed by atoms with Gasteiger partial charge in [0.25, 0.3) is 0 Å². The monoisotopic (exact) mass is 409 g/mol. The van der Waals surface area contributed by atoms with Gasteiger partial charge in [-0.2, -0.15) is 0 Å². The maximum Gasteiger partial charge on any atom is 0.225 e. The van der Waals surface area contributed by atoms with Crippen molar-refractivity contribution in [1.29, 1.82) is 0 Å². The standard InChI is InChI=1S/C19H27N5OS.ClH/c1-12-13(2)26-18-16(12)17(21-11-22-18)23-7-3-14(4-8-23)19(25)24-9-5-15(20)6-10-24;/h11,14-15H,3-10,20H2,1-2H3;1H. The van der Waals surface area contributed by atoms with Crippen molar-refractivity contribution in [3.8, 4) is 0 Å². The molecule has 2 N–H and O–H groups in total. The van der Waals surface area contributed by atoms with Crippen LogP contribution in [-0.2, 0) is 4.79 Å². The summed E-state index contributed by atoms with van der Waals surface area (Å²) < 4.78 is 0. The third-order valence-electron chi connectivity index (χ3n) is 5.94. The highest BCUT2D eigenvalue weighted by molar-refractivity contribution is 7.18. The number of fused-ring (bicyclic) bond motifs is 1. The SMILES string of the molecule is Cc1sc2ncnc(N3CCC(C(=O)N4CCC(N)CC4)CC3)c2c1C.Cl. The highest BCUT2D eigenvalue weighted by Crippen LogP contribution is 2.35. The lowest BCUT2D eigenvalue weighted by Gasteiger charge is -2.37. The second kappa shape index (κ2) is 8.29. The first kappa shape index (κ1) is 20.3. The number of likely N-dealkylation sites (tertiary alicyclic amines) is 1. The van der Waals surface area contributed by atoms with Crippen LogP contribution in [0.5, 0.6) is 0 Å². The largest absolute Gasteiger partial charge is 0.356 e. The van der Waals surface area contributed by atoms with Crippen molar-refractivity contribution in [2.75, 3.05) is 31.1 Å². The van der Waals surface area contributed by atoms with E-state index < -0.39 is 0 Å². The van der Waals surface area contributed by atoms with E-state index in [9.17, 15) is 4.79 Å². The zero-order valence-corrected chi connectivity index (χ0v) is 17.6. The quantitative estimate of drug-likeness (QED) is 0.825. The minimum absolute atomic E-state index is 0. The molecular formula is C19H28ClN5OS. The zero-order valence-electron chi connectivity index (χ0n) is 16.0. The van der Waals surface area contributed by atoms with Gasteiger partial charge >= 0.3 is 0 Å². The van der Waals surface area contributed by atoms with Gasteiger partial charge in [-0.15, -0.1) is 23.7 Å². The van der Waals surface area contributed by atoms with E-state index in [1.54, 1.807) is 17.7 Å². The molecule has 2 fully saturated rings. The summed E-state index contributed by atoms with van der Waals surface area (Å²) in [5.74, 6) is 1.50. The number of anilines is 1. The molecule has 2 aromatic rings. The highest BCUT2D eigenvalue weighted by Gasteiger charge is 2.31. The van der Waals surface area contributed by atoms with E-state index in [-0.39, 0.29) is 24.4 Å². The lowest BCUT2D eigenvalue weighted by atomic mass is 9.93. The van der Waals surface area contributed by atoms with E-state index in [0.717, 1.165) is 62.5 Å². The van der Waals surface area contributed by atoms with Crippen LogP contribution in [0.2, 0.25) is 0 Å². The van der Waals surface area contributed by atoms with E-state index >= 15 is 0 Å². The average molecular weight is 410 g/mol. The fourth-order valence-corrected chi connectivity index (χ4v) is 5.11. The number of nitrogens with zero attached hydrogens (tertiary/aromatic N) is 4. The van der Waals surface area contributed by atoms with Crippen molar-refractivity contribution >= 4 is 45.7 Å². The minimum atomic E-state index is 0. The van der Waals surface area contributed by atoms with Crippen molar-refractivity contribution in [2.24, 2.45) is 11.7 Å². The number of hydrogen-bond acceptors (Lipinski definition) is 6. The first-order chi connectivity index (χ1) is 12.5. The second-order valence-electron chi connectivity index (χ2n) is 7.58. The van der Waals surface area contributed by atoms with Gasteiger partial charge in [0, 0.05) is 43.0 Å². The van der Waals surface area contributed by atoms with Crippen LogP contribution in [0.15, 0.2) is 6.33 Å². The molecule has 27 heavy (non-hydrogen) atoms. The van der Waals surface area contributed by atoms with Gasteiger partial charge in [0.2, 0.25) is 5.91 Å². The van der Waals surface area contributed by atoms with Crippen molar-refractivity contribution in [3.05, 3.63) is 16.8 Å². The summed E-state index contributed by atoms with van der Waals surface area (Å²) in [5.41, 5.74) is 7.24.